The van der Waals surface area contributed by atoms with Gasteiger partial charge in [0.15, 0.2) is 16.6 Å². The molecule has 0 saturated heterocycles. The van der Waals surface area contributed by atoms with Gasteiger partial charge in [0.05, 0.1) is 13.2 Å². The van der Waals surface area contributed by atoms with E-state index in [1.54, 1.807) is 7.11 Å². The highest BCUT2D eigenvalue weighted by Crippen LogP contribution is 2.34. The Kier molecular flexibility index (Phi) is 4.84. The first-order valence-corrected chi connectivity index (χ1v) is 9.28. The third-order valence-electron chi connectivity index (χ3n) is 4.77. The summed E-state index contributed by atoms with van der Waals surface area (Å²) in [5.41, 5.74) is 3.51. The maximum Gasteiger partial charge on any atom is 0.171 e. The Bertz CT molecular complexity index is 825. The number of benzene rings is 2. The van der Waals surface area contributed by atoms with E-state index in [9.17, 15) is 0 Å². The molecule has 0 aromatic heterocycles. The SMILES string of the molecule is COc1ccc2c(c1)CCC[C@H]2NC(=S)Nc1ccc2c(c1)OCCO2. The minimum absolute atomic E-state index is 0.210. The molecule has 136 valence electrons. The minimum atomic E-state index is 0.210. The van der Waals surface area contributed by atoms with E-state index in [0.29, 0.717) is 18.3 Å². The Hall–Kier alpha value is -2.47. The van der Waals surface area contributed by atoms with Crippen molar-refractivity contribution in [2.75, 3.05) is 25.6 Å². The van der Waals surface area contributed by atoms with E-state index in [2.05, 4.69) is 22.8 Å². The maximum atomic E-state index is 5.62. The zero-order chi connectivity index (χ0) is 17.9. The Morgan fingerprint density at radius 1 is 1.12 bits per heavy atom. The second kappa shape index (κ2) is 7.41. The summed E-state index contributed by atoms with van der Waals surface area (Å²) in [4.78, 5) is 0. The molecule has 2 aromatic rings. The van der Waals surface area contributed by atoms with Gasteiger partial charge >= 0.3 is 0 Å². The highest BCUT2D eigenvalue weighted by Gasteiger charge is 2.21. The van der Waals surface area contributed by atoms with Gasteiger partial charge in [0.1, 0.15) is 19.0 Å². The van der Waals surface area contributed by atoms with Crippen molar-refractivity contribution in [3.63, 3.8) is 0 Å². The van der Waals surface area contributed by atoms with Gasteiger partial charge < -0.3 is 24.8 Å². The Balaban J connectivity index is 1.44. The van der Waals surface area contributed by atoms with Crippen molar-refractivity contribution in [3.8, 4) is 17.2 Å². The van der Waals surface area contributed by atoms with E-state index in [4.69, 9.17) is 26.4 Å². The largest absolute Gasteiger partial charge is 0.497 e. The molecule has 2 aliphatic rings. The highest BCUT2D eigenvalue weighted by molar-refractivity contribution is 7.80. The summed E-state index contributed by atoms with van der Waals surface area (Å²) >= 11 is 5.53. The summed E-state index contributed by atoms with van der Waals surface area (Å²) in [7, 11) is 1.70. The van der Waals surface area contributed by atoms with E-state index in [0.717, 1.165) is 42.2 Å². The van der Waals surface area contributed by atoms with Gasteiger partial charge in [-0.15, -0.1) is 0 Å². The summed E-state index contributed by atoms with van der Waals surface area (Å²) in [6, 6.07) is 12.3. The number of fused-ring (bicyclic) bond motifs is 2. The normalized spacial score (nSPS) is 17.8. The molecule has 6 heteroatoms. The van der Waals surface area contributed by atoms with Crippen LogP contribution in [0.2, 0.25) is 0 Å². The van der Waals surface area contributed by atoms with Crippen molar-refractivity contribution in [1.82, 2.24) is 5.32 Å². The molecule has 0 unspecified atom stereocenters. The topological polar surface area (TPSA) is 51.8 Å². The summed E-state index contributed by atoms with van der Waals surface area (Å²) in [5.74, 6) is 2.43. The van der Waals surface area contributed by atoms with E-state index < -0.39 is 0 Å². The third-order valence-corrected chi connectivity index (χ3v) is 4.99. The van der Waals surface area contributed by atoms with Crippen LogP contribution in [-0.2, 0) is 6.42 Å². The number of ether oxygens (including phenoxy) is 3. The number of hydrogen-bond acceptors (Lipinski definition) is 4. The molecule has 4 rings (SSSR count). The standard InChI is InChI=1S/C20H22N2O3S/c1-23-15-6-7-16-13(11-15)3-2-4-17(16)22-20(26)21-14-5-8-18-19(12-14)25-10-9-24-18/h5-8,11-12,17H,2-4,9-10H2,1H3,(H2,21,22,26)/t17-/m1/s1. The lowest BCUT2D eigenvalue weighted by molar-refractivity contribution is 0.171. The van der Waals surface area contributed by atoms with Gasteiger partial charge in [-0.25, -0.2) is 0 Å². The van der Waals surface area contributed by atoms with Crippen molar-refractivity contribution in [1.29, 1.82) is 0 Å². The van der Waals surface area contributed by atoms with Gasteiger partial charge in [-0.1, -0.05) is 6.07 Å². The average molecular weight is 370 g/mol. The lowest BCUT2D eigenvalue weighted by Crippen LogP contribution is -2.34. The summed E-state index contributed by atoms with van der Waals surface area (Å²) in [6.07, 6.45) is 3.26. The van der Waals surface area contributed by atoms with Gasteiger partial charge in [0, 0.05) is 11.8 Å². The molecule has 0 saturated carbocycles. The summed E-state index contributed by atoms with van der Waals surface area (Å²) in [6.45, 7) is 1.16. The van der Waals surface area contributed by atoms with Crippen LogP contribution in [0.15, 0.2) is 36.4 Å². The van der Waals surface area contributed by atoms with Crippen molar-refractivity contribution < 1.29 is 14.2 Å². The molecule has 0 bridgehead atoms. The van der Waals surface area contributed by atoms with Crippen molar-refractivity contribution in [2.24, 2.45) is 0 Å². The van der Waals surface area contributed by atoms with Crippen molar-refractivity contribution in [2.45, 2.75) is 25.3 Å². The number of rotatable bonds is 3. The quantitative estimate of drug-likeness (QED) is 0.801. The van der Waals surface area contributed by atoms with Crippen LogP contribution in [0.5, 0.6) is 17.2 Å². The molecule has 2 N–H and O–H groups in total. The maximum absolute atomic E-state index is 5.62. The fraction of sp³-hybridized carbons (Fsp3) is 0.350. The smallest absolute Gasteiger partial charge is 0.171 e. The van der Waals surface area contributed by atoms with Crippen molar-refractivity contribution in [3.05, 3.63) is 47.5 Å². The molecule has 0 amide bonds. The zero-order valence-corrected chi connectivity index (χ0v) is 15.5. The number of anilines is 1. The van der Waals surface area contributed by atoms with Crippen LogP contribution < -0.4 is 24.8 Å². The molecule has 1 aliphatic carbocycles. The zero-order valence-electron chi connectivity index (χ0n) is 14.7. The van der Waals surface area contributed by atoms with E-state index in [1.165, 1.54) is 11.1 Å². The summed E-state index contributed by atoms with van der Waals surface area (Å²) in [5, 5.41) is 7.31. The summed E-state index contributed by atoms with van der Waals surface area (Å²) < 4.78 is 16.5. The fourth-order valence-electron chi connectivity index (χ4n) is 3.51. The molecular weight excluding hydrogens is 348 g/mol. The number of hydrogen-bond donors (Lipinski definition) is 2. The van der Waals surface area contributed by atoms with E-state index in [1.807, 2.05) is 24.3 Å². The average Bonchev–Trinajstić information content (AvgIpc) is 2.67. The molecule has 1 aliphatic heterocycles. The second-order valence-electron chi connectivity index (χ2n) is 6.47. The Labute approximate surface area is 158 Å². The first-order chi connectivity index (χ1) is 12.7. The van der Waals surface area contributed by atoms with Crippen LogP contribution in [0.25, 0.3) is 0 Å². The third kappa shape index (κ3) is 3.55. The van der Waals surface area contributed by atoms with E-state index in [-0.39, 0.29) is 6.04 Å². The van der Waals surface area contributed by atoms with Gasteiger partial charge in [-0.2, -0.15) is 0 Å². The molecule has 0 fully saturated rings. The fourth-order valence-corrected chi connectivity index (χ4v) is 3.77. The van der Waals surface area contributed by atoms with Gasteiger partial charge in [-0.3, -0.25) is 0 Å². The molecule has 5 nitrogen and oxygen atoms in total. The van der Waals surface area contributed by atoms with Gasteiger partial charge in [0.25, 0.3) is 0 Å². The second-order valence-corrected chi connectivity index (χ2v) is 6.87. The number of thiocarbonyl (C=S) groups is 1. The molecule has 0 spiro atoms. The molecular formula is C20H22N2O3S. The van der Waals surface area contributed by atoms with Crippen LogP contribution in [-0.4, -0.2) is 25.4 Å². The molecule has 0 radical (unpaired) electrons. The van der Waals surface area contributed by atoms with E-state index >= 15 is 0 Å². The van der Waals surface area contributed by atoms with Gasteiger partial charge in [-0.05, 0) is 66.9 Å². The Morgan fingerprint density at radius 2 is 1.96 bits per heavy atom. The highest BCUT2D eigenvalue weighted by atomic mass is 32.1. The lowest BCUT2D eigenvalue weighted by atomic mass is 9.87. The van der Waals surface area contributed by atoms with Crippen LogP contribution in [0.1, 0.15) is 30.0 Å². The molecule has 1 atom stereocenters. The monoisotopic (exact) mass is 370 g/mol. The molecule has 2 aromatic carbocycles. The number of aryl methyl sites for hydroxylation is 1. The Morgan fingerprint density at radius 3 is 2.81 bits per heavy atom. The van der Waals surface area contributed by atoms with Crippen LogP contribution in [0, 0.1) is 0 Å². The predicted octanol–water partition coefficient (Wildman–Crippen LogP) is 3.83. The predicted molar refractivity (Wildman–Crippen MR) is 105 cm³/mol. The molecule has 26 heavy (non-hydrogen) atoms. The van der Waals surface area contributed by atoms with Crippen LogP contribution >= 0.6 is 12.2 Å². The van der Waals surface area contributed by atoms with Crippen LogP contribution in [0.4, 0.5) is 5.69 Å². The van der Waals surface area contributed by atoms with Gasteiger partial charge in [0.2, 0.25) is 0 Å². The van der Waals surface area contributed by atoms with Crippen LogP contribution in [0.3, 0.4) is 0 Å². The van der Waals surface area contributed by atoms with Crippen molar-refractivity contribution >= 4 is 23.0 Å². The first kappa shape index (κ1) is 17.0. The number of nitrogens with one attached hydrogen (secondary N) is 2. The first-order valence-electron chi connectivity index (χ1n) is 8.87. The lowest BCUT2D eigenvalue weighted by Gasteiger charge is -2.28. The minimum Gasteiger partial charge on any atom is -0.497 e. The number of methoxy groups -OCH3 is 1. The molecule has 1 heterocycles.